The molecule has 2 rings (SSSR count). The number of hydrogen-bond donors (Lipinski definition) is 5. The van der Waals surface area contributed by atoms with Crippen LogP contribution in [0.1, 0.15) is 18.9 Å². The van der Waals surface area contributed by atoms with Crippen LogP contribution in [0, 0.1) is 0 Å². The number of aromatic nitrogens is 4. The molecule has 2 aromatic heterocycles. The molecule has 0 aliphatic heterocycles. The minimum absolute atomic E-state index is 0.0119. The molecule has 0 aromatic carbocycles. The lowest BCUT2D eigenvalue weighted by Gasteiger charge is -2.15. The Balaban J connectivity index is 2.37. The summed E-state index contributed by atoms with van der Waals surface area (Å²) in [6.07, 6.45) is -2.76. The molecule has 0 spiro atoms. The van der Waals surface area contributed by atoms with Gasteiger partial charge in [0.2, 0.25) is 5.91 Å². The molecular weight excluding hydrogens is 282 g/mol. The fourth-order valence-electron chi connectivity index (χ4n) is 1.80. The number of amides is 1. The fourth-order valence-corrected chi connectivity index (χ4v) is 1.80. The van der Waals surface area contributed by atoms with Gasteiger partial charge in [-0.2, -0.15) is 0 Å². The Hall–Kier alpha value is -2.46. The van der Waals surface area contributed by atoms with Crippen LogP contribution in [-0.2, 0) is 11.8 Å². The summed E-state index contributed by atoms with van der Waals surface area (Å²) in [6.45, 7) is 1.10. The van der Waals surface area contributed by atoms with Gasteiger partial charge in [-0.15, -0.1) is 0 Å². The normalized spacial score (nSPS) is 14.1. The van der Waals surface area contributed by atoms with Crippen molar-refractivity contribution in [3.05, 3.63) is 26.7 Å². The first-order valence-corrected chi connectivity index (χ1v) is 6.10. The number of imidazole rings is 1. The van der Waals surface area contributed by atoms with E-state index in [0.29, 0.717) is 0 Å². The lowest BCUT2D eigenvalue weighted by Crippen LogP contribution is -2.34. The third-order valence-corrected chi connectivity index (χ3v) is 2.98. The molecule has 0 saturated heterocycles. The van der Waals surface area contributed by atoms with Crippen LogP contribution < -0.4 is 16.6 Å². The van der Waals surface area contributed by atoms with E-state index in [9.17, 15) is 24.6 Å². The summed E-state index contributed by atoms with van der Waals surface area (Å²) in [7, 11) is 1.41. The van der Waals surface area contributed by atoms with Crippen LogP contribution in [-0.4, -0.2) is 48.3 Å². The molecule has 0 radical (unpaired) electrons. The highest BCUT2D eigenvalue weighted by Crippen LogP contribution is 2.15. The van der Waals surface area contributed by atoms with Gasteiger partial charge in [-0.25, -0.2) is 9.78 Å². The first-order chi connectivity index (χ1) is 9.81. The number of hydrogen-bond acceptors (Lipinski definition) is 6. The lowest BCUT2D eigenvalue weighted by atomic mass is 10.2. The van der Waals surface area contributed by atoms with Crippen molar-refractivity contribution in [2.45, 2.75) is 19.1 Å². The highest BCUT2D eigenvalue weighted by Gasteiger charge is 2.23. The van der Waals surface area contributed by atoms with Crippen LogP contribution in [0.15, 0.2) is 9.59 Å². The van der Waals surface area contributed by atoms with Gasteiger partial charge in [-0.3, -0.25) is 19.1 Å². The molecule has 0 bridgehead atoms. The molecule has 0 aliphatic rings. The van der Waals surface area contributed by atoms with Crippen molar-refractivity contribution in [2.24, 2.45) is 7.05 Å². The fraction of sp³-hybridized carbons (Fsp3) is 0.455. The standard InChI is InChI=1S/C11H15N5O5/c1-4(17)12-3-5(18)7(19)8-13-6-9(14-8)16(2)11(21)15-10(6)20/h5,7,18-19H,3H2,1-2H3,(H,12,17)(H,13,14)(H,15,20,21). The van der Waals surface area contributed by atoms with Crippen LogP contribution in [0.4, 0.5) is 0 Å². The predicted octanol–water partition coefficient (Wildman–Crippen LogP) is -2.52. The molecule has 0 fully saturated rings. The lowest BCUT2D eigenvalue weighted by molar-refractivity contribution is -0.119. The molecule has 10 nitrogen and oxygen atoms in total. The molecular formula is C11H15N5O5. The Kier molecular flexibility index (Phi) is 3.91. The van der Waals surface area contributed by atoms with Gasteiger partial charge in [-0.05, 0) is 0 Å². The summed E-state index contributed by atoms with van der Waals surface area (Å²) < 4.78 is 1.10. The Morgan fingerprint density at radius 1 is 1.38 bits per heavy atom. The minimum atomic E-state index is -1.45. The summed E-state index contributed by atoms with van der Waals surface area (Å²) in [5.74, 6) is -0.431. The SMILES string of the molecule is CC(=O)NCC(O)C(O)c1nc2c([nH]1)c(=O)[nH]c(=O)n2C. The second-order valence-corrected chi connectivity index (χ2v) is 4.59. The van der Waals surface area contributed by atoms with Gasteiger partial charge in [0.15, 0.2) is 5.65 Å². The molecule has 2 unspecified atom stereocenters. The van der Waals surface area contributed by atoms with Gasteiger partial charge in [-0.1, -0.05) is 0 Å². The number of aliphatic hydroxyl groups excluding tert-OH is 2. The van der Waals surface area contributed by atoms with E-state index in [1.54, 1.807) is 0 Å². The molecule has 2 atom stereocenters. The number of aliphatic hydroxyl groups is 2. The molecule has 0 saturated carbocycles. The van der Waals surface area contributed by atoms with Gasteiger partial charge in [0.25, 0.3) is 5.56 Å². The summed E-state index contributed by atoms with van der Waals surface area (Å²) in [4.78, 5) is 42.4. The average molecular weight is 297 g/mol. The first kappa shape index (κ1) is 14.9. The second kappa shape index (κ2) is 5.50. The van der Waals surface area contributed by atoms with Gasteiger partial charge >= 0.3 is 5.69 Å². The van der Waals surface area contributed by atoms with Crippen molar-refractivity contribution in [3.8, 4) is 0 Å². The number of nitrogens with zero attached hydrogens (tertiary/aromatic N) is 2. The topological polar surface area (TPSA) is 153 Å². The highest BCUT2D eigenvalue weighted by molar-refractivity contribution is 5.72. The quantitative estimate of drug-likeness (QED) is 0.420. The Morgan fingerprint density at radius 2 is 2.05 bits per heavy atom. The average Bonchev–Trinajstić information content (AvgIpc) is 2.87. The van der Waals surface area contributed by atoms with E-state index in [4.69, 9.17) is 0 Å². The number of carbonyl (C=O) groups is 1. The van der Waals surface area contributed by atoms with Crippen molar-refractivity contribution in [3.63, 3.8) is 0 Å². The number of H-pyrrole nitrogens is 2. The smallest absolute Gasteiger partial charge is 0.329 e. The van der Waals surface area contributed by atoms with Gasteiger partial charge < -0.3 is 20.5 Å². The maximum Gasteiger partial charge on any atom is 0.329 e. The zero-order valence-electron chi connectivity index (χ0n) is 11.4. The van der Waals surface area contributed by atoms with E-state index in [0.717, 1.165) is 4.57 Å². The van der Waals surface area contributed by atoms with Crippen molar-refractivity contribution in [1.29, 1.82) is 0 Å². The number of nitrogens with one attached hydrogen (secondary N) is 3. The molecule has 2 heterocycles. The van der Waals surface area contributed by atoms with Crippen molar-refractivity contribution < 1.29 is 15.0 Å². The minimum Gasteiger partial charge on any atom is -0.388 e. The predicted molar refractivity (Wildman–Crippen MR) is 71.6 cm³/mol. The summed E-state index contributed by atoms with van der Waals surface area (Å²) in [6, 6.07) is 0. The molecule has 1 amide bonds. The molecule has 114 valence electrons. The van der Waals surface area contributed by atoms with E-state index in [-0.39, 0.29) is 29.4 Å². The Morgan fingerprint density at radius 3 is 2.67 bits per heavy atom. The highest BCUT2D eigenvalue weighted by atomic mass is 16.3. The molecule has 10 heteroatoms. The molecule has 5 N–H and O–H groups in total. The number of rotatable bonds is 4. The maximum atomic E-state index is 11.6. The molecule has 21 heavy (non-hydrogen) atoms. The van der Waals surface area contributed by atoms with Crippen LogP contribution >= 0.6 is 0 Å². The van der Waals surface area contributed by atoms with E-state index >= 15 is 0 Å². The number of aryl methyl sites for hydroxylation is 1. The number of carbonyl (C=O) groups excluding carboxylic acids is 1. The largest absolute Gasteiger partial charge is 0.388 e. The van der Waals surface area contributed by atoms with E-state index in [1.807, 2.05) is 0 Å². The molecule has 0 aliphatic carbocycles. The summed E-state index contributed by atoms with van der Waals surface area (Å²) >= 11 is 0. The number of aromatic amines is 2. The third-order valence-electron chi connectivity index (χ3n) is 2.98. The van der Waals surface area contributed by atoms with E-state index in [1.165, 1.54) is 14.0 Å². The monoisotopic (exact) mass is 297 g/mol. The second-order valence-electron chi connectivity index (χ2n) is 4.59. The van der Waals surface area contributed by atoms with Crippen LogP contribution in [0.3, 0.4) is 0 Å². The zero-order valence-corrected chi connectivity index (χ0v) is 11.4. The van der Waals surface area contributed by atoms with Gasteiger partial charge in [0.05, 0.1) is 0 Å². The van der Waals surface area contributed by atoms with Gasteiger partial charge in [0, 0.05) is 20.5 Å². The van der Waals surface area contributed by atoms with Crippen LogP contribution in [0.25, 0.3) is 11.2 Å². The van der Waals surface area contributed by atoms with Crippen LogP contribution in [0.5, 0.6) is 0 Å². The van der Waals surface area contributed by atoms with Crippen molar-refractivity contribution in [1.82, 2.24) is 24.8 Å². The van der Waals surface area contributed by atoms with E-state index in [2.05, 4.69) is 20.3 Å². The van der Waals surface area contributed by atoms with Gasteiger partial charge in [0.1, 0.15) is 23.5 Å². The summed E-state index contributed by atoms with van der Waals surface area (Å²) in [5, 5.41) is 22.1. The zero-order chi connectivity index (χ0) is 15.7. The van der Waals surface area contributed by atoms with Crippen molar-refractivity contribution >= 4 is 17.1 Å². The Labute approximate surface area is 117 Å². The molecule has 2 aromatic rings. The third kappa shape index (κ3) is 2.85. The van der Waals surface area contributed by atoms with Crippen molar-refractivity contribution in [2.75, 3.05) is 6.54 Å². The summed E-state index contributed by atoms with van der Waals surface area (Å²) in [5.41, 5.74) is -1.24. The van der Waals surface area contributed by atoms with E-state index < -0.39 is 23.5 Å². The first-order valence-electron chi connectivity index (χ1n) is 6.10. The Bertz CT molecular complexity index is 788. The van der Waals surface area contributed by atoms with Crippen LogP contribution in [0.2, 0.25) is 0 Å². The number of fused-ring (bicyclic) bond motifs is 1. The maximum absolute atomic E-state index is 11.6.